The van der Waals surface area contributed by atoms with Gasteiger partial charge in [-0.2, -0.15) is 0 Å². The summed E-state index contributed by atoms with van der Waals surface area (Å²) in [5.41, 5.74) is 4.69. The number of benzene rings is 3. The first kappa shape index (κ1) is 16.4. The topological polar surface area (TPSA) is 73.1 Å². The summed E-state index contributed by atoms with van der Waals surface area (Å²) < 4.78 is 22.9. The van der Waals surface area contributed by atoms with Crippen LogP contribution in [0.1, 0.15) is 0 Å². The van der Waals surface area contributed by atoms with Crippen LogP contribution in [0, 0.1) is 0 Å². The van der Waals surface area contributed by atoms with E-state index in [0.29, 0.717) is 0 Å². The normalized spacial score (nSPS) is 11.6. The first-order chi connectivity index (χ1) is 12.5. The summed E-state index contributed by atoms with van der Waals surface area (Å²) in [5, 5.41) is 6.25. The van der Waals surface area contributed by atoms with Gasteiger partial charge in [0.05, 0.1) is 16.1 Å². The largest absolute Gasteiger partial charge is 0.248 e. The Labute approximate surface area is 152 Å². The van der Waals surface area contributed by atoms with Crippen LogP contribution in [0.25, 0.3) is 33.3 Å². The second kappa shape index (κ2) is 6.37. The second-order valence-electron chi connectivity index (χ2n) is 6.01. The Balaban J connectivity index is 1.92. The van der Waals surface area contributed by atoms with Crippen molar-refractivity contribution in [3.8, 4) is 22.4 Å². The second-order valence-corrected chi connectivity index (χ2v) is 7.57. The van der Waals surface area contributed by atoms with Crippen molar-refractivity contribution < 1.29 is 8.42 Å². The molecule has 0 spiro atoms. The highest BCUT2D eigenvalue weighted by atomic mass is 32.2. The maximum atomic E-state index is 11.5. The lowest BCUT2D eigenvalue weighted by Crippen LogP contribution is -2.11. The Morgan fingerprint density at radius 1 is 0.731 bits per heavy atom. The number of sulfonamides is 1. The molecule has 0 fully saturated rings. The van der Waals surface area contributed by atoms with Crippen LogP contribution >= 0.6 is 0 Å². The molecule has 3 aromatic carbocycles. The molecule has 0 unspecified atom stereocenters. The van der Waals surface area contributed by atoms with E-state index in [-0.39, 0.29) is 4.90 Å². The summed E-state index contributed by atoms with van der Waals surface area (Å²) in [5.74, 6) is 0. The third-order valence-corrected chi connectivity index (χ3v) is 5.21. The molecule has 0 aliphatic rings. The zero-order valence-electron chi connectivity index (χ0n) is 13.8. The predicted octanol–water partition coefficient (Wildman–Crippen LogP) is 4.22. The minimum Gasteiger partial charge on any atom is -0.248 e. The third-order valence-electron chi connectivity index (χ3n) is 4.28. The summed E-state index contributed by atoms with van der Waals surface area (Å²) in [6, 6.07) is 26.6. The molecule has 0 saturated heterocycles. The van der Waals surface area contributed by atoms with Gasteiger partial charge in [0, 0.05) is 10.9 Å². The maximum absolute atomic E-state index is 11.5. The van der Waals surface area contributed by atoms with Crippen molar-refractivity contribution in [1.29, 1.82) is 0 Å². The van der Waals surface area contributed by atoms with E-state index < -0.39 is 10.0 Å². The molecule has 128 valence electrons. The first-order valence-corrected chi connectivity index (χ1v) is 9.65. The van der Waals surface area contributed by atoms with Gasteiger partial charge in [-0.1, -0.05) is 60.7 Å². The Hall–Kier alpha value is -3.02. The number of pyridine rings is 1. The Kier molecular flexibility index (Phi) is 4.03. The molecule has 1 aromatic heterocycles. The number of hydrogen-bond donors (Lipinski definition) is 1. The lowest BCUT2D eigenvalue weighted by molar-refractivity contribution is 0.598. The highest BCUT2D eigenvalue weighted by molar-refractivity contribution is 7.89. The quantitative estimate of drug-likeness (QED) is 0.594. The minimum absolute atomic E-state index is 0.0883. The van der Waals surface area contributed by atoms with E-state index in [9.17, 15) is 8.42 Å². The molecule has 26 heavy (non-hydrogen) atoms. The van der Waals surface area contributed by atoms with Gasteiger partial charge in [0.25, 0.3) is 0 Å². The SMILES string of the molecule is NS(=O)(=O)c1ccc(-c2cc(-c3ccccc3)c3ccccc3n2)cc1. The number of rotatable bonds is 3. The lowest BCUT2D eigenvalue weighted by atomic mass is 9.98. The van der Waals surface area contributed by atoms with Crippen LogP contribution < -0.4 is 5.14 Å². The molecular weight excluding hydrogens is 344 g/mol. The molecule has 0 radical (unpaired) electrons. The van der Waals surface area contributed by atoms with Crippen molar-refractivity contribution in [3.63, 3.8) is 0 Å². The maximum Gasteiger partial charge on any atom is 0.238 e. The zero-order valence-corrected chi connectivity index (χ0v) is 14.6. The fourth-order valence-corrected chi connectivity index (χ4v) is 3.51. The number of aromatic nitrogens is 1. The molecule has 2 N–H and O–H groups in total. The summed E-state index contributed by atoms with van der Waals surface area (Å²) in [7, 11) is -3.71. The van der Waals surface area contributed by atoms with E-state index in [1.54, 1.807) is 12.1 Å². The molecule has 5 heteroatoms. The summed E-state index contributed by atoms with van der Waals surface area (Å²) >= 11 is 0. The van der Waals surface area contributed by atoms with E-state index in [0.717, 1.165) is 33.3 Å². The highest BCUT2D eigenvalue weighted by Gasteiger charge is 2.11. The van der Waals surface area contributed by atoms with Gasteiger partial charge in [0.1, 0.15) is 0 Å². The fraction of sp³-hybridized carbons (Fsp3) is 0. The van der Waals surface area contributed by atoms with Crippen molar-refractivity contribution >= 4 is 20.9 Å². The van der Waals surface area contributed by atoms with Gasteiger partial charge in [-0.15, -0.1) is 0 Å². The van der Waals surface area contributed by atoms with E-state index in [1.165, 1.54) is 12.1 Å². The Morgan fingerprint density at radius 2 is 1.38 bits per heavy atom. The summed E-state index contributed by atoms with van der Waals surface area (Å²) in [6.45, 7) is 0. The number of nitrogens with two attached hydrogens (primary N) is 1. The molecule has 4 aromatic rings. The smallest absolute Gasteiger partial charge is 0.238 e. The van der Waals surface area contributed by atoms with Gasteiger partial charge in [-0.25, -0.2) is 18.5 Å². The summed E-state index contributed by atoms with van der Waals surface area (Å²) in [4.78, 5) is 4.83. The molecular formula is C21H16N2O2S. The average Bonchev–Trinajstić information content (AvgIpc) is 2.67. The van der Waals surface area contributed by atoms with Crippen LogP contribution in [-0.2, 0) is 10.0 Å². The number of hydrogen-bond acceptors (Lipinski definition) is 3. The van der Waals surface area contributed by atoms with E-state index >= 15 is 0 Å². The van der Waals surface area contributed by atoms with Crippen LogP contribution in [0.4, 0.5) is 0 Å². The van der Waals surface area contributed by atoms with E-state index in [2.05, 4.69) is 18.2 Å². The minimum atomic E-state index is -3.71. The first-order valence-electron chi connectivity index (χ1n) is 8.11. The fourth-order valence-electron chi connectivity index (χ4n) is 3.00. The lowest BCUT2D eigenvalue weighted by Gasteiger charge is -2.10. The van der Waals surface area contributed by atoms with Gasteiger partial charge in [0.2, 0.25) is 10.0 Å². The highest BCUT2D eigenvalue weighted by Crippen LogP contribution is 2.32. The van der Waals surface area contributed by atoms with Crippen molar-refractivity contribution in [1.82, 2.24) is 4.98 Å². The standard InChI is InChI=1S/C21H16N2O2S/c22-26(24,25)17-12-10-16(11-13-17)21-14-19(15-6-2-1-3-7-15)18-8-4-5-9-20(18)23-21/h1-14H,(H2,22,24,25). The molecule has 0 saturated carbocycles. The number of fused-ring (bicyclic) bond motifs is 1. The van der Waals surface area contributed by atoms with Gasteiger partial charge in [-0.05, 0) is 35.4 Å². The van der Waals surface area contributed by atoms with Crippen molar-refractivity contribution in [2.24, 2.45) is 5.14 Å². The molecule has 4 rings (SSSR count). The van der Waals surface area contributed by atoms with Crippen molar-refractivity contribution in [3.05, 3.63) is 84.9 Å². The van der Waals surface area contributed by atoms with Gasteiger partial charge in [-0.3, -0.25) is 0 Å². The Bertz CT molecular complexity index is 1190. The van der Waals surface area contributed by atoms with Crippen LogP contribution in [0.5, 0.6) is 0 Å². The van der Waals surface area contributed by atoms with Gasteiger partial charge in [0.15, 0.2) is 0 Å². The van der Waals surface area contributed by atoms with Gasteiger partial charge >= 0.3 is 0 Å². The molecule has 0 aliphatic heterocycles. The number of primary sulfonamides is 1. The Morgan fingerprint density at radius 3 is 2.08 bits per heavy atom. The van der Waals surface area contributed by atoms with E-state index in [4.69, 9.17) is 10.1 Å². The van der Waals surface area contributed by atoms with Crippen LogP contribution in [-0.4, -0.2) is 13.4 Å². The van der Waals surface area contributed by atoms with E-state index in [1.807, 2.05) is 42.5 Å². The molecule has 0 aliphatic carbocycles. The van der Waals surface area contributed by atoms with Crippen LogP contribution in [0.2, 0.25) is 0 Å². The molecule has 0 amide bonds. The van der Waals surface area contributed by atoms with Crippen LogP contribution in [0.3, 0.4) is 0 Å². The molecule has 4 nitrogen and oxygen atoms in total. The van der Waals surface area contributed by atoms with Crippen LogP contribution in [0.15, 0.2) is 89.8 Å². The number of nitrogens with zero attached hydrogens (tertiary/aromatic N) is 1. The number of para-hydroxylation sites is 1. The van der Waals surface area contributed by atoms with Crippen molar-refractivity contribution in [2.45, 2.75) is 4.90 Å². The third kappa shape index (κ3) is 3.10. The summed E-state index contributed by atoms with van der Waals surface area (Å²) in [6.07, 6.45) is 0. The molecule has 1 heterocycles. The van der Waals surface area contributed by atoms with Crippen molar-refractivity contribution in [2.75, 3.05) is 0 Å². The molecule has 0 atom stereocenters. The molecule has 0 bridgehead atoms. The monoisotopic (exact) mass is 360 g/mol. The predicted molar refractivity (Wildman–Crippen MR) is 104 cm³/mol. The zero-order chi connectivity index (χ0) is 18.1. The van der Waals surface area contributed by atoms with Gasteiger partial charge < -0.3 is 0 Å². The average molecular weight is 360 g/mol.